The number of phenols is 1. The summed E-state index contributed by atoms with van der Waals surface area (Å²) in [6.07, 6.45) is -0.814. The zero-order chi connectivity index (χ0) is 29.4. The van der Waals surface area contributed by atoms with Crippen LogP contribution in [0, 0.1) is 5.92 Å². The van der Waals surface area contributed by atoms with Crippen LogP contribution in [0.15, 0.2) is 77.7 Å². The van der Waals surface area contributed by atoms with Crippen molar-refractivity contribution in [3.05, 3.63) is 78.4 Å². The highest BCUT2D eigenvalue weighted by Gasteiger charge is 2.32. The number of rotatable bonds is 14. The fraction of sp³-hybridized carbons (Fsp3) is 0.367. The molecule has 0 aliphatic carbocycles. The van der Waals surface area contributed by atoms with Crippen molar-refractivity contribution in [1.29, 1.82) is 0 Å². The standard InChI is InChI=1S/C30H37N3O7S/c1-21(2)18-33(41(37,38)23-12-13-28-29(17-23)40-20-39-28)19-27(35)25(16-22-8-4-3-5-9-22)32-30(36)14-15-31-24-10-6-7-11-26(24)34/h3-13,17,21,25,27,31,34-35H,14-16,18-20H2,1-2H3,(H,32,36)/t25-,27+/m0/s1. The molecule has 3 aromatic rings. The van der Waals surface area contributed by atoms with Crippen LogP contribution in [0.25, 0.3) is 0 Å². The molecule has 0 aromatic heterocycles. The third-order valence-corrected chi connectivity index (χ3v) is 8.45. The van der Waals surface area contributed by atoms with Crippen LogP contribution in [0.2, 0.25) is 0 Å². The van der Waals surface area contributed by atoms with Crippen molar-refractivity contribution in [3.63, 3.8) is 0 Å². The molecule has 1 aliphatic rings. The van der Waals surface area contributed by atoms with Crippen molar-refractivity contribution in [2.45, 2.75) is 43.7 Å². The Hall–Kier alpha value is -3.80. The van der Waals surface area contributed by atoms with Crippen molar-refractivity contribution >= 4 is 21.6 Å². The normalized spacial score (nSPS) is 14.2. The zero-order valence-electron chi connectivity index (χ0n) is 23.2. The van der Waals surface area contributed by atoms with E-state index in [1.807, 2.05) is 44.2 Å². The highest BCUT2D eigenvalue weighted by Crippen LogP contribution is 2.35. The molecule has 41 heavy (non-hydrogen) atoms. The number of fused-ring (bicyclic) bond motifs is 1. The van der Waals surface area contributed by atoms with Gasteiger partial charge in [-0.15, -0.1) is 0 Å². The molecule has 10 nitrogen and oxygen atoms in total. The maximum Gasteiger partial charge on any atom is 0.243 e. The molecule has 0 unspecified atom stereocenters. The van der Waals surface area contributed by atoms with E-state index in [-0.39, 0.29) is 55.3 Å². The summed E-state index contributed by atoms with van der Waals surface area (Å²) in [5.41, 5.74) is 1.40. The molecule has 0 saturated carbocycles. The maximum atomic E-state index is 13.7. The van der Waals surface area contributed by atoms with E-state index >= 15 is 0 Å². The largest absolute Gasteiger partial charge is 0.506 e. The number of aliphatic hydroxyl groups is 1. The average Bonchev–Trinajstić information content (AvgIpc) is 3.42. The number of anilines is 1. The third kappa shape index (κ3) is 8.12. The number of nitrogens with zero attached hydrogens (tertiary/aromatic N) is 1. The Balaban J connectivity index is 1.49. The van der Waals surface area contributed by atoms with Gasteiger partial charge in [0, 0.05) is 32.1 Å². The van der Waals surface area contributed by atoms with Crippen molar-refractivity contribution in [1.82, 2.24) is 9.62 Å². The van der Waals surface area contributed by atoms with E-state index in [1.54, 1.807) is 30.3 Å². The van der Waals surface area contributed by atoms with Crippen LogP contribution < -0.4 is 20.1 Å². The van der Waals surface area contributed by atoms with Gasteiger partial charge in [0.1, 0.15) is 5.75 Å². The molecule has 0 saturated heterocycles. The fourth-order valence-electron chi connectivity index (χ4n) is 4.56. The molecule has 1 aliphatic heterocycles. The van der Waals surface area contributed by atoms with Gasteiger partial charge in [-0.3, -0.25) is 4.79 Å². The summed E-state index contributed by atoms with van der Waals surface area (Å²) >= 11 is 0. The lowest BCUT2D eigenvalue weighted by Gasteiger charge is -2.31. The van der Waals surface area contributed by atoms with E-state index in [1.165, 1.54) is 16.4 Å². The lowest BCUT2D eigenvalue weighted by Crippen LogP contribution is -2.51. The van der Waals surface area contributed by atoms with Gasteiger partial charge in [0.15, 0.2) is 11.5 Å². The van der Waals surface area contributed by atoms with Gasteiger partial charge in [0.05, 0.1) is 22.7 Å². The number of ether oxygens (including phenoxy) is 2. The Kier molecular flexibility index (Phi) is 10.1. The predicted molar refractivity (Wildman–Crippen MR) is 155 cm³/mol. The second kappa shape index (κ2) is 13.7. The van der Waals surface area contributed by atoms with E-state index in [2.05, 4.69) is 10.6 Å². The summed E-state index contributed by atoms with van der Waals surface area (Å²) in [6, 6.07) is 19.8. The Morgan fingerprint density at radius 1 is 0.976 bits per heavy atom. The fourth-order valence-corrected chi connectivity index (χ4v) is 6.20. The van der Waals surface area contributed by atoms with Crippen LogP contribution in [0.4, 0.5) is 5.69 Å². The van der Waals surface area contributed by atoms with Crippen LogP contribution in [0.5, 0.6) is 17.2 Å². The Bertz CT molecular complexity index is 1420. The maximum absolute atomic E-state index is 13.7. The van der Waals surface area contributed by atoms with Crippen LogP contribution in [0.3, 0.4) is 0 Å². The van der Waals surface area contributed by atoms with Gasteiger partial charge >= 0.3 is 0 Å². The minimum atomic E-state index is -4.01. The molecule has 1 amide bonds. The molecule has 0 fully saturated rings. The average molecular weight is 584 g/mol. The number of benzene rings is 3. The van der Waals surface area contributed by atoms with E-state index in [0.29, 0.717) is 23.6 Å². The first-order chi connectivity index (χ1) is 19.6. The summed E-state index contributed by atoms with van der Waals surface area (Å²) < 4.78 is 39.4. The van der Waals surface area contributed by atoms with E-state index < -0.39 is 22.2 Å². The van der Waals surface area contributed by atoms with Crippen LogP contribution >= 0.6 is 0 Å². The van der Waals surface area contributed by atoms with Crippen molar-refractivity contribution < 1.29 is 32.9 Å². The smallest absolute Gasteiger partial charge is 0.243 e. The third-order valence-electron chi connectivity index (χ3n) is 6.62. The number of aliphatic hydroxyl groups excluding tert-OH is 1. The van der Waals surface area contributed by atoms with E-state index in [0.717, 1.165) is 5.56 Å². The second-order valence-corrected chi connectivity index (χ2v) is 12.3. The summed E-state index contributed by atoms with van der Waals surface area (Å²) in [6.45, 7) is 4.03. The first-order valence-electron chi connectivity index (χ1n) is 13.6. The number of nitrogens with one attached hydrogen (secondary N) is 2. The second-order valence-electron chi connectivity index (χ2n) is 10.4. The monoisotopic (exact) mass is 583 g/mol. The number of hydrogen-bond donors (Lipinski definition) is 4. The van der Waals surface area contributed by atoms with Gasteiger partial charge in [-0.05, 0) is 42.2 Å². The first kappa shape index (κ1) is 30.2. The molecule has 4 rings (SSSR count). The molecule has 4 N–H and O–H groups in total. The SMILES string of the molecule is CC(C)CN(C[C@@H](O)[C@H](Cc1ccccc1)NC(=O)CCNc1ccccc1O)S(=O)(=O)c1ccc2c(c1)OCO2. The van der Waals surface area contributed by atoms with Gasteiger partial charge in [-0.2, -0.15) is 4.31 Å². The zero-order valence-corrected chi connectivity index (χ0v) is 24.0. The molecule has 3 aromatic carbocycles. The minimum Gasteiger partial charge on any atom is -0.506 e. The number of phenolic OH excluding ortho intramolecular Hbond substituents is 1. The molecule has 0 radical (unpaired) electrons. The number of para-hydroxylation sites is 2. The highest BCUT2D eigenvalue weighted by atomic mass is 32.2. The quantitative estimate of drug-likeness (QED) is 0.212. The van der Waals surface area contributed by atoms with Crippen LogP contribution in [-0.4, -0.2) is 67.4 Å². The summed E-state index contributed by atoms with van der Waals surface area (Å²) in [4.78, 5) is 13.0. The minimum absolute atomic E-state index is 0.0198. The molecule has 0 spiro atoms. The molecule has 1 heterocycles. The van der Waals surface area contributed by atoms with Gasteiger partial charge in [-0.1, -0.05) is 56.3 Å². The molecule has 2 atom stereocenters. The van der Waals surface area contributed by atoms with Gasteiger partial charge in [0.25, 0.3) is 0 Å². The lowest BCUT2D eigenvalue weighted by atomic mass is 10.0. The Labute approximate surface area is 241 Å². The van der Waals surface area contributed by atoms with Gasteiger partial charge in [0.2, 0.25) is 22.7 Å². The molecule has 11 heteroatoms. The van der Waals surface area contributed by atoms with Crippen molar-refractivity contribution in [3.8, 4) is 17.2 Å². The van der Waals surface area contributed by atoms with Gasteiger partial charge < -0.3 is 30.3 Å². The first-order valence-corrected chi connectivity index (χ1v) is 15.0. The number of carbonyl (C=O) groups excluding carboxylic acids is 1. The number of carbonyl (C=O) groups is 1. The van der Waals surface area contributed by atoms with E-state index in [4.69, 9.17) is 9.47 Å². The summed E-state index contributed by atoms with van der Waals surface area (Å²) in [5.74, 6) is 0.569. The Morgan fingerprint density at radius 3 is 2.41 bits per heavy atom. The number of hydrogen-bond acceptors (Lipinski definition) is 8. The summed E-state index contributed by atoms with van der Waals surface area (Å²) in [7, 11) is -4.01. The molecular formula is C30H37N3O7S. The van der Waals surface area contributed by atoms with Crippen LogP contribution in [0.1, 0.15) is 25.8 Å². The van der Waals surface area contributed by atoms with Crippen LogP contribution in [-0.2, 0) is 21.2 Å². The number of aromatic hydroxyl groups is 1. The predicted octanol–water partition coefficient (Wildman–Crippen LogP) is 3.36. The molecule has 0 bridgehead atoms. The number of sulfonamides is 1. The highest BCUT2D eigenvalue weighted by molar-refractivity contribution is 7.89. The number of amides is 1. The lowest BCUT2D eigenvalue weighted by molar-refractivity contribution is -0.122. The Morgan fingerprint density at radius 2 is 1.68 bits per heavy atom. The molecular weight excluding hydrogens is 546 g/mol. The van der Waals surface area contributed by atoms with Crippen molar-refractivity contribution in [2.24, 2.45) is 5.92 Å². The van der Waals surface area contributed by atoms with Crippen molar-refractivity contribution in [2.75, 3.05) is 31.7 Å². The topological polar surface area (TPSA) is 137 Å². The summed E-state index contributed by atoms with van der Waals surface area (Å²) in [5, 5.41) is 27.3. The van der Waals surface area contributed by atoms with E-state index in [9.17, 15) is 23.4 Å². The van der Waals surface area contributed by atoms with Gasteiger partial charge in [-0.25, -0.2) is 8.42 Å². The molecule has 220 valence electrons.